The molecule has 0 aliphatic heterocycles. The van der Waals surface area contributed by atoms with Gasteiger partial charge in [-0.15, -0.1) is 0 Å². The summed E-state index contributed by atoms with van der Waals surface area (Å²) >= 11 is 0. The van der Waals surface area contributed by atoms with Gasteiger partial charge in [0.05, 0.1) is 0 Å². The van der Waals surface area contributed by atoms with Gasteiger partial charge in [-0.3, -0.25) is 5.32 Å². The molecule has 0 saturated carbocycles. The molecule has 0 aliphatic rings. The first-order chi connectivity index (χ1) is 4.57. The van der Waals surface area contributed by atoms with E-state index in [0.717, 1.165) is 6.42 Å². The van der Waals surface area contributed by atoms with Crippen LogP contribution in [0.1, 0.15) is 34.1 Å². The summed E-state index contributed by atoms with van der Waals surface area (Å²) in [4.78, 5) is 0. The number of rotatable bonds is 4. The van der Waals surface area contributed by atoms with Gasteiger partial charge in [-0.2, -0.15) is 0 Å². The fourth-order valence-corrected chi connectivity index (χ4v) is 1.09. The van der Waals surface area contributed by atoms with E-state index in [1.54, 1.807) is 6.92 Å². The second-order valence-corrected chi connectivity index (χ2v) is 3.10. The lowest BCUT2D eigenvalue weighted by Gasteiger charge is -2.22. The van der Waals surface area contributed by atoms with Crippen molar-refractivity contribution in [3.63, 3.8) is 0 Å². The normalized spacial score (nSPS) is 17.4. The molecule has 0 bridgehead atoms. The van der Waals surface area contributed by atoms with E-state index in [1.807, 2.05) is 0 Å². The summed E-state index contributed by atoms with van der Waals surface area (Å²) in [5.74, 6) is 0.597. The summed E-state index contributed by atoms with van der Waals surface area (Å²) < 4.78 is 0. The average Bonchev–Trinajstić information content (AvgIpc) is 1.81. The third kappa shape index (κ3) is 3.85. The highest BCUT2D eigenvalue weighted by Crippen LogP contribution is 2.05. The summed E-state index contributed by atoms with van der Waals surface area (Å²) in [7, 11) is 0. The van der Waals surface area contributed by atoms with Crippen molar-refractivity contribution in [2.24, 2.45) is 5.92 Å². The second kappa shape index (κ2) is 4.69. The van der Waals surface area contributed by atoms with Crippen LogP contribution in [0.15, 0.2) is 0 Å². The Bertz CT molecular complexity index is 81.3. The maximum Gasteiger partial charge on any atom is 0.102 e. The van der Waals surface area contributed by atoms with Crippen LogP contribution in [-0.4, -0.2) is 17.4 Å². The van der Waals surface area contributed by atoms with Crippen molar-refractivity contribution in [1.82, 2.24) is 5.32 Å². The van der Waals surface area contributed by atoms with Crippen LogP contribution in [0, 0.1) is 5.92 Å². The van der Waals surface area contributed by atoms with E-state index in [0.29, 0.717) is 12.0 Å². The summed E-state index contributed by atoms with van der Waals surface area (Å²) in [6.07, 6.45) is 0.690. The highest BCUT2D eigenvalue weighted by Gasteiger charge is 2.11. The lowest BCUT2D eigenvalue weighted by Crippen LogP contribution is -2.39. The summed E-state index contributed by atoms with van der Waals surface area (Å²) in [5, 5.41) is 12.1. The highest BCUT2D eigenvalue weighted by atomic mass is 16.3. The summed E-state index contributed by atoms with van der Waals surface area (Å²) in [6, 6.07) is 0.444. The molecule has 62 valence electrons. The van der Waals surface area contributed by atoms with Gasteiger partial charge >= 0.3 is 0 Å². The van der Waals surface area contributed by atoms with Crippen molar-refractivity contribution in [1.29, 1.82) is 0 Å². The monoisotopic (exact) mass is 145 g/mol. The Morgan fingerprint density at radius 2 is 1.80 bits per heavy atom. The van der Waals surface area contributed by atoms with Crippen molar-refractivity contribution < 1.29 is 5.11 Å². The molecule has 0 radical (unpaired) electrons. The first-order valence-electron chi connectivity index (χ1n) is 4.02. The van der Waals surface area contributed by atoms with Crippen LogP contribution < -0.4 is 5.32 Å². The quantitative estimate of drug-likeness (QED) is 0.585. The largest absolute Gasteiger partial charge is 0.379 e. The molecule has 0 aromatic rings. The van der Waals surface area contributed by atoms with E-state index in [-0.39, 0.29) is 6.23 Å². The van der Waals surface area contributed by atoms with E-state index in [9.17, 15) is 0 Å². The molecular formula is C8H19NO. The number of hydrogen-bond acceptors (Lipinski definition) is 2. The van der Waals surface area contributed by atoms with Crippen molar-refractivity contribution in [2.45, 2.75) is 46.4 Å². The Labute approximate surface area is 63.6 Å². The van der Waals surface area contributed by atoms with Gasteiger partial charge in [0, 0.05) is 6.04 Å². The zero-order chi connectivity index (χ0) is 8.15. The minimum Gasteiger partial charge on any atom is -0.379 e. The Hall–Kier alpha value is -0.0800. The molecule has 0 aromatic heterocycles. The van der Waals surface area contributed by atoms with Crippen LogP contribution in [0.5, 0.6) is 0 Å². The molecule has 0 fully saturated rings. The van der Waals surface area contributed by atoms with Crippen LogP contribution in [0.3, 0.4) is 0 Å². The van der Waals surface area contributed by atoms with Crippen molar-refractivity contribution in [3.8, 4) is 0 Å². The third-order valence-corrected chi connectivity index (χ3v) is 1.70. The standard InChI is InChI=1S/C8H19NO/c1-5-8(6(2)3)9-7(4)10/h6-10H,5H2,1-4H3. The van der Waals surface area contributed by atoms with Gasteiger partial charge in [-0.05, 0) is 19.3 Å². The maximum atomic E-state index is 8.99. The zero-order valence-electron chi connectivity index (χ0n) is 7.39. The number of hydrogen-bond donors (Lipinski definition) is 2. The van der Waals surface area contributed by atoms with Crippen LogP contribution in [0.4, 0.5) is 0 Å². The van der Waals surface area contributed by atoms with Gasteiger partial charge in [0.25, 0.3) is 0 Å². The summed E-state index contributed by atoms with van der Waals surface area (Å²) in [6.45, 7) is 8.19. The van der Waals surface area contributed by atoms with Gasteiger partial charge in [-0.1, -0.05) is 20.8 Å². The first-order valence-corrected chi connectivity index (χ1v) is 4.02. The van der Waals surface area contributed by atoms with Crippen molar-refractivity contribution in [3.05, 3.63) is 0 Å². The fraction of sp³-hybridized carbons (Fsp3) is 1.00. The Kier molecular flexibility index (Phi) is 4.65. The van der Waals surface area contributed by atoms with Gasteiger partial charge in [0.15, 0.2) is 0 Å². The molecule has 10 heavy (non-hydrogen) atoms. The van der Waals surface area contributed by atoms with Gasteiger partial charge < -0.3 is 5.11 Å². The first kappa shape index (κ1) is 9.92. The minimum atomic E-state index is -0.382. The molecule has 2 nitrogen and oxygen atoms in total. The molecule has 0 saturated heterocycles. The SMILES string of the molecule is CCC(NC(C)O)C(C)C. The molecule has 2 unspecified atom stereocenters. The van der Waals surface area contributed by atoms with Gasteiger partial charge in [0.2, 0.25) is 0 Å². The minimum absolute atomic E-state index is 0.382. The molecule has 2 atom stereocenters. The molecule has 0 heterocycles. The highest BCUT2D eigenvalue weighted by molar-refractivity contribution is 4.68. The number of aliphatic hydroxyl groups is 1. The van der Waals surface area contributed by atoms with Crippen molar-refractivity contribution >= 4 is 0 Å². The number of nitrogens with one attached hydrogen (secondary N) is 1. The molecule has 0 spiro atoms. The lowest BCUT2D eigenvalue weighted by molar-refractivity contribution is 0.128. The Morgan fingerprint density at radius 3 is 1.90 bits per heavy atom. The van der Waals surface area contributed by atoms with E-state index < -0.39 is 0 Å². The predicted octanol–water partition coefficient (Wildman–Crippen LogP) is 1.35. The van der Waals surface area contributed by atoms with Gasteiger partial charge in [0.1, 0.15) is 6.23 Å². The molecule has 0 rings (SSSR count). The predicted molar refractivity (Wildman–Crippen MR) is 43.7 cm³/mol. The molecule has 2 heteroatoms. The van der Waals surface area contributed by atoms with E-state index >= 15 is 0 Å². The summed E-state index contributed by atoms with van der Waals surface area (Å²) in [5.41, 5.74) is 0. The van der Waals surface area contributed by atoms with Crippen LogP contribution in [-0.2, 0) is 0 Å². The van der Waals surface area contributed by atoms with Gasteiger partial charge in [-0.25, -0.2) is 0 Å². The average molecular weight is 145 g/mol. The second-order valence-electron chi connectivity index (χ2n) is 3.10. The van der Waals surface area contributed by atoms with E-state index in [2.05, 4.69) is 26.1 Å². The van der Waals surface area contributed by atoms with Crippen LogP contribution >= 0.6 is 0 Å². The maximum absolute atomic E-state index is 8.99. The molecular weight excluding hydrogens is 126 g/mol. The topological polar surface area (TPSA) is 32.3 Å². The van der Waals surface area contributed by atoms with E-state index in [4.69, 9.17) is 5.11 Å². The van der Waals surface area contributed by atoms with Crippen molar-refractivity contribution in [2.75, 3.05) is 0 Å². The number of aliphatic hydroxyl groups excluding tert-OH is 1. The van der Waals surface area contributed by atoms with Crippen LogP contribution in [0.25, 0.3) is 0 Å². The fourth-order valence-electron chi connectivity index (χ4n) is 1.09. The zero-order valence-corrected chi connectivity index (χ0v) is 7.39. The molecule has 2 N–H and O–H groups in total. The Balaban J connectivity index is 3.60. The van der Waals surface area contributed by atoms with Crippen LogP contribution in [0.2, 0.25) is 0 Å². The Morgan fingerprint density at radius 1 is 1.30 bits per heavy atom. The smallest absolute Gasteiger partial charge is 0.102 e. The lowest BCUT2D eigenvalue weighted by atomic mass is 10.0. The van der Waals surface area contributed by atoms with E-state index in [1.165, 1.54) is 0 Å². The molecule has 0 aromatic carbocycles. The molecule has 0 amide bonds. The third-order valence-electron chi connectivity index (χ3n) is 1.70. The molecule has 0 aliphatic carbocycles.